The monoisotopic (exact) mass is 375 g/mol. The molecule has 2 heterocycles. The van der Waals surface area contributed by atoms with Gasteiger partial charge in [0.1, 0.15) is 11.9 Å². The predicted molar refractivity (Wildman–Crippen MR) is 106 cm³/mol. The SMILES string of the molecule is Cc1ccc2c(c1)CN(CCC(=O)NCCCN1CCOCC1)C[C@H](C)O2. The van der Waals surface area contributed by atoms with Gasteiger partial charge in [-0.1, -0.05) is 17.7 Å². The fourth-order valence-corrected chi connectivity index (χ4v) is 3.74. The van der Waals surface area contributed by atoms with Gasteiger partial charge in [0.05, 0.1) is 13.2 Å². The van der Waals surface area contributed by atoms with Crippen LogP contribution in [0.3, 0.4) is 0 Å². The first-order valence-electron chi connectivity index (χ1n) is 10.2. The first-order valence-corrected chi connectivity index (χ1v) is 10.2. The Morgan fingerprint density at radius 2 is 2.04 bits per heavy atom. The zero-order valence-corrected chi connectivity index (χ0v) is 16.7. The first-order chi connectivity index (χ1) is 13.1. The van der Waals surface area contributed by atoms with Crippen LogP contribution in [0.15, 0.2) is 18.2 Å². The highest BCUT2D eigenvalue weighted by atomic mass is 16.5. The fourth-order valence-electron chi connectivity index (χ4n) is 3.74. The topological polar surface area (TPSA) is 54.0 Å². The number of aryl methyl sites for hydroxylation is 1. The number of ether oxygens (including phenoxy) is 2. The summed E-state index contributed by atoms with van der Waals surface area (Å²) in [5, 5.41) is 3.06. The zero-order chi connectivity index (χ0) is 19.1. The first kappa shape index (κ1) is 20.1. The molecule has 150 valence electrons. The van der Waals surface area contributed by atoms with Gasteiger partial charge >= 0.3 is 0 Å². The summed E-state index contributed by atoms with van der Waals surface area (Å²) in [5.41, 5.74) is 2.45. The van der Waals surface area contributed by atoms with Crippen LogP contribution in [0.2, 0.25) is 0 Å². The molecule has 3 rings (SSSR count). The van der Waals surface area contributed by atoms with Crippen molar-refractivity contribution in [2.45, 2.75) is 39.3 Å². The number of morpholine rings is 1. The smallest absolute Gasteiger partial charge is 0.221 e. The largest absolute Gasteiger partial charge is 0.489 e. The van der Waals surface area contributed by atoms with Crippen molar-refractivity contribution in [3.05, 3.63) is 29.3 Å². The van der Waals surface area contributed by atoms with Gasteiger partial charge in [0.15, 0.2) is 0 Å². The van der Waals surface area contributed by atoms with E-state index in [1.807, 2.05) is 0 Å². The van der Waals surface area contributed by atoms with E-state index in [9.17, 15) is 4.79 Å². The van der Waals surface area contributed by atoms with Crippen LogP contribution >= 0.6 is 0 Å². The number of carbonyl (C=O) groups excluding carboxylic acids is 1. The molecule has 2 aliphatic heterocycles. The van der Waals surface area contributed by atoms with Crippen LogP contribution in [-0.4, -0.2) is 74.3 Å². The van der Waals surface area contributed by atoms with Gasteiger partial charge in [-0.3, -0.25) is 14.6 Å². The third kappa shape index (κ3) is 6.48. The quantitative estimate of drug-likeness (QED) is 0.737. The highest BCUT2D eigenvalue weighted by molar-refractivity contribution is 5.76. The maximum absolute atomic E-state index is 12.2. The highest BCUT2D eigenvalue weighted by Gasteiger charge is 2.20. The lowest BCUT2D eigenvalue weighted by Crippen LogP contribution is -2.38. The Morgan fingerprint density at radius 3 is 2.85 bits per heavy atom. The molecule has 1 aromatic rings. The average Bonchev–Trinajstić information content (AvgIpc) is 2.81. The lowest BCUT2D eigenvalue weighted by Gasteiger charge is -2.26. The van der Waals surface area contributed by atoms with E-state index in [1.165, 1.54) is 11.1 Å². The van der Waals surface area contributed by atoms with Crippen molar-refractivity contribution in [3.8, 4) is 5.75 Å². The Balaban J connectivity index is 1.37. The summed E-state index contributed by atoms with van der Waals surface area (Å²) in [7, 11) is 0. The van der Waals surface area contributed by atoms with Crippen LogP contribution in [-0.2, 0) is 16.1 Å². The van der Waals surface area contributed by atoms with Crippen LogP contribution in [0, 0.1) is 6.92 Å². The summed E-state index contributed by atoms with van der Waals surface area (Å²) in [4.78, 5) is 16.9. The van der Waals surface area contributed by atoms with E-state index < -0.39 is 0 Å². The molecule has 0 saturated carbocycles. The van der Waals surface area contributed by atoms with Gasteiger partial charge in [0.25, 0.3) is 0 Å². The van der Waals surface area contributed by atoms with Gasteiger partial charge in [0, 0.05) is 51.3 Å². The Labute approximate surface area is 162 Å². The van der Waals surface area contributed by atoms with Crippen LogP contribution in [0.1, 0.15) is 30.9 Å². The molecule has 6 nitrogen and oxygen atoms in total. The molecule has 0 aliphatic carbocycles. The Kier molecular flexibility index (Phi) is 7.50. The van der Waals surface area contributed by atoms with Crippen LogP contribution in [0.5, 0.6) is 5.75 Å². The minimum Gasteiger partial charge on any atom is -0.489 e. The highest BCUT2D eigenvalue weighted by Crippen LogP contribution is 2.26. The molecule has 1 saturated heterocycles. The van der Waals surface area contributed by atoms with Crippen molar-refractivity contribution in [2.24, 2.45) is 0 Å². The number of nitrogens with one attached hydrogen (secondary N) is 1. The summed E-state index contributed by atoms with van der Waals surface area (Å²) in [6, 6.07) is 6.34. The van der Waals surface area contributed by atoms with Gasteiger partial charge < -0.3 is 14.8 Å². The van der Waals surface area contributed by atoms with E-state index >= 15 is 0 Å². The number of fused-ring (bicyclic) bond motifs is 1. The molecule has 0 spiro atoms. The normalized spacial score (nSPS) is 21.2. The number of benzene rings is 1. The van der Waals surface area contributed by atoms with Crippen molar-refractivity contribution in [1.29, 1.82) is 0 Å². The molecule has 1 amide bonds. The van der Waals surface area contributed by atoms with Crippen LogP contribution in [0.4, 0.5) is 0 Å². The molecule has 1 fully saturated rings. The van der Waals surface area contributed by atoms with E-state index in [-0.39, 0.29) is 12.0 Å². The number of carbonyl (C=O) groups is 1. The molecule has 0 aromatic heterocycles. The van der Waals surface area contributed by atoms with Crippen molar-refractivity contribution in [2.75, 3.05) is 52.5 Å². The Morgan fingerprint density at radius 1 is 1.22 bits per heavy atom. The number of nitrogens with zero attached hydrogens (tertiary/aromatic N) is 2. The van der Waals surface area contributed by atoms with Crippen LogP contribution < -0.4 is 10.1 Å². The molecule has 0 unspecified atom stereocenters. The summed E-state index contributed by atoms with van der Waals surface area (Å²) in [6.07, 6.45) is 1.66. The van der Waals surface area contributed by atoms with Gasteiger partial charge in [0.2, 0.25) is 5.91 Å². The maximum Gasteiger partial charge on any atom is 0.221 e. The van der Waals surface area contributed by atoms with Crippen molar-refractivity contribution < 1.29 is 14.3 Å². The molecule has 1 atom stereocenters. The third-order valence-electron chi connectivity index (χ3n) is 5.19. The zero-order valence-electron chi connectivity index (χ0n) is 16.7. The number of rotatable bonds is 7. The van der Waals surface area contributed by atoms with E-state index in [1.54, 1.807) is 0 Å². The molecule has 1 aromatic carbocycles. The average molecular weight is 376 g/mol. The second-order valence-electron chi connectivity index (χ2n) is 7.68. The molecule has 27 heavy (non-hydrogen) atoms. The number of hydrogen-bond acceptors (Lipinski definition) is 5. The maximum atomic E-state index is 12.2. The van der Waals surface area contributed by atoms with Gasteiger partial charge in [-0.05, 0) is 32.9 Å². The summed E-state index contributed by atoms with van der Waals surface area (Å²) >= 11 is 0. The van der Waals surface area contributed by atoms with Gasteiger partial charge in [-0.15, -0.1) is 0 Å². The van der Waals surface area contributed by atoms with Crippen molar-refractivity contribution >= 4 is 5.91 Å². The lowest BCUT2D eigenvalue weighted by molar-refractivity contribution is -0.121. The van der Waals surface area contributed by atoms with Crippen molar-refractivity contribution in [1.82, 2.24) is 15.1 Å². The molecular weight excluding hydrogens is 342 g/mol. The lowest BCUT2D eigenvalue weighted by atomic mass is 10.1. The second kappa shape index (κ2) is 10.1. The van der Waals surface area contributed by atoms with E-state index in [2.05, 4.69) is 47.2 Å². The molecule has 0 radical (unpaired) electrons. The summed E-state index contributed by atoms with van der Waals surface area (Å²) < 4.78 is 11.4. The van der Waals surface area contributed by atoms with E-state index in [0.717, 1.165) is 71.2 Å². The summed E-state index contributed by atoms with van der Waals surface area (Å²) in [5.74, 6) is 1.11. The molecular formula is C21H33N3O3. The molecule has 1 N–H and O–H groups in total. The third-order valence-corrected chi connectivity index (χ3v) is 5.19. The van der Waals surface area contributed by atoms with Crippen molar-refractivity contribution in [3.63, 3.8) is 0 Å². The van der Waals surface area contributed by atoms with E-state index in [4.69, 9.17) is 9.47 Å². The number of hydrogen-bond donors (Lipinski definition) is 1. The minimum atomic E-state index is 0.130. The summed E-state index contributed by atoms with van der Waals surface area (Å²) in [6.45, 7) is 12.1. The van der Waals surface area contributed by atoms with Gasteiger partial charge in [-0.25, -0.2) is 0 Å². The van der Waals surface area contributed by atoms with E-state index in [0.29, 0.717) is 6.42 Å². The predicted octanol–water partition coefficient (Wildman–Crippen LogP) is 1.81. The minimum absolute atomic E-state index is 0.130. The van der Waals surface area contributed by atoms with Crippen LogP contribution in [0.25, 0.3) is 0 Å². The number of amides is 1. The fraction of sp³-hybridized carbons (Fsp3) is 0.667. The van der Waals surface area contributed by atoms with Gasteiger partial charge in [-0.2, -0.15) is 0 Å². The molecule has 0 bridgehead atoms. The second-order valence-corrected chi connectivity index (χ2v) is 7.68. The standard InChI is InChI=1S/C21H33N3O3/c1-17-4-5-20-19(14-17)16-24(15-18(2)27-20)9-6-21(25)22-7-3-8-23-10-12-26-13-11-23/h4-5,14,18H,3,6-13,15-16H2,1-2H3,(H,22,25)/t18-/m0/s1. The molecule has 6 heteroatoms. The Hall–Kier alpha value is -1.63. The molecule has 2 aliphatic rings. The Bertz CT molecular complexity index is 617.